The molecule has 0 saturated heterocycles. The molecule has 0 aromatic carbocycles. The molecule has 1 unspecified atom stereocenters. The predicted octanol–water partition coefficient (Wildman–Crippen LogP) is 0.971. The lowest BCUT2D eigenvalue weighted by atomic mass is 10.2. The molecule has 1 aromatic rings. The Hall–Kier alpha value is -0.970. The van der Waals surface area contributed by atoms with Gasteiger partial charge in [0.1, 0.15) is 0 Å². The van der Waals surface area contributed by atoms with Gasteiger partial charge in [-0.3, -0.25) is 9.48 Å². The molecule has 5 heteroatoms. The van der Waals surface area contributed by atoms with Crippen molar-refractivity contribution in [1.29, 1.82) is 0 Å². The van der Waals surface area contributed by atoms with E-state index in [2.05, 4.69) is 23.0 Å². The molecule has 15 heavy (non-hydrogen) atoms. The highest BCUT2D eigenvalue weighted by atomic mass is 32.1. The maximum Gasteiger partial charge on any atom is 0.232 e. The molecule has 0 aliphatic heterocycles. The molecule has 1 heterocycles. The van der Waals surface area contributed by atoms with Crippen molar-refractivity contribution in [2.45, 2.75) is 32.6 Å². The van der Waals surface area contributed by atoms with Crippen LogP contribution in [-0.4, -0.2) is 20.9 Å². The van der Waals surface area contributed by atoms with Crippen LogP contribution in [0.4, 0.5) is 0 Å². The standard InChI is InChI=1S/C10H17N3OS/c1-6-9(7(2)13(4)12-6)5-11-10(14)8(3)15/h8,15H,5H2,1-4H3,(H,11,14). The second-order valence-electron chi connectivity index (χ2n) is 3.67. The Balaban J connectivity index is 2.69. The summed E-state index contributed by atoms with van der Waals surface area (Å²) in [7, 11) is 1.90. The summed E-state index contributed by atoms with van der Waals surface area (Å²) >= 11 is 4.06. The minimum absolute atomic E-state index is 0.0546. The number of nitrogens with zero attached hydrogens (tertiary/aromatic N) is 2. The molecule has 0 spiro atoms. The zero-order valence-corrected chi connectivity index (χ0v) is 10.4. The number of rotatable bonds is 3. The van der Waals surface area contributed by atoms with Gasteiger partial charge < -0.3 is 5.32 Å². The second kappa shape index (κ2) is 4.70. The molecule has 84 valence electrons. The number of amides is 1. The topological polar surface area (TPSA) is 46.9 Å². The predicted molar refractivity (Wildman–Crippen MR) is 63.0 cm³/mol. The van der Waals surface area contributed by atoms with Crippen molar-refractivity contribution < 1.29 is 4.79 Å². The maximum absolute atomic E-state index is 11.3. The van der Waals surface area contributed by atoms with E-state index in [1.54, 1.807) is 6.92 Å². The lowest BCUT2D eigenvalue weighted by Gasteiger charge is -2.07. The van der Waals surface area contributed by atoms with Crippen molar-refractivity contribution in [1.82, 2.24) is 15.1 Å². The highest BCUT2D eigenvalue weighted by Gasteiger charge is 2.12. The van der Waals surface area contributed by atoms with E-state index in [0.717, 1.165) is 17.0 Å². The second-order valence-corrected chi connectivity index (χ2v) is 4.44. The SMILES string of the molecule is Cc1nn(C)c(C)c1CNC(=O)C(C)S. The highest BCUT2D eigenvalue weighted by molar-refractivity contribution is 7.81. The summed E-state index contributed by atoms with van der Waals surface area (Å²) in [6.45, 7) is 6.21. The highest BCUT2D eigenvalue weighted by Crippen LogP contribution is 2.11. The van der Waals surface area contributed by atoms with Crippen LogP contribution >= 0.6 is 12.6 Å². The fourth-order valence-electron chi connectivity index (χ4n) is 1.40. The van der Waals surface area contributed by atoms with Gasteiger partial charge in [0.2, 0.25) is 5.91 Å². The van der Waals surface area contributed by atoms with Crippen molar-refractivity contribution in [2.75, 3.05) is 0 Å². The molecule has 4 nitrogen and oxygen atoms in total. The molecule has 0 radical (unpaired) electrons. The first-order chi connectivity index (χ1) is 6.93. The summed E-state index contributed by atoms with van der Waals surface area (Å²) in [5.41, 5.74) is 3.13. The van der Waals surface area contributed by atoms with Gasteiger partial charge in [-0.2, -0.15) is 17.7 Å². The van der Waals surface area contributed by atoms with Gasteiger partial charge in [0, 0.05) is 24.8 Å². The van der Waals surface area contributed by atoms with Crippen molar-refractivity contribution in [3.63, 3.8) is 0 Å². The van der Waals surface area contributed by atoms with Crippen LogP contribution in [0.3, 0.4) is 0 Å². The smallest absolute Gasteiger partial charge is 0.232 e. The number of nitrogens with one attached hydrogen (secondary N) is 1. The van der Waals surface area contributed by atoms with Crippen molar-refractivity contribution in [3.8, 4) is 0 Å². The Bertz CT molecular complexity index is 371. The number of aryl methyl sites for hydroxylation is 2. The molecule has 1 rings (SSSR count). The summed E-state index contributed by atoms with van der Waals surface area (Å²) < 4.78 is 1.82. The molecule has 0 aliphatic rings. The Labute approximate surface area is 95.5 Å². The summed E-state index contributed by atoms with van der Waals surface area (Å²) in [6.07, 6.45) is 0. The van der Waals surface area contributed by atoms with E-state index in [0.29, 0.717) is 6.54 Å². The zero-order valence-electron chi connectivity index (χ0n) is 9.53. The number of hydrogen-bond acceptors (Lipinski definition) is 3. The van der Waals surface area contributed by atoms with E-state index in [1.807, 2.05) is 25.6 Å². The fourth-order valence-corrected chi connectivity index (χ4v) is 1.49. The van der Waals surface area contributed by atoms with Gasteiger partial charge in [-0.15, -0.1) is 0 Å². The molecule has 0 bridgehead atoms. The Morgan fingerprint density at radius 1 is 1.60 bits per heavy atom. The minimum atomic E-state index is -0.276. The average molecular weight is 227 g/mol. The monoisotopic (exact) mass is 227 g/mol. The van der Waals surface area contributed by atoms with E-state index in [4.69, 9.17) is 0 Å². The van der Waals surface area contributed by atoms with Gasteiger partial charge in [0.15, 0.2) is 0 Å². The van der Waals surface area contributed by atoms with E-state index >= 15 is 0 Å². The summed E-state index contributed by atoms with van der Waals surface area (Å²) in [5, 5.41) is 6.83. The number of carbonyl (C=O) groups excluding carboxylic acids is 1. The normalized spacial score (nSPS) is 12.6. The first-order valence-corrected chi connectivity index (χ1v) is 5.40. The lowest BCUT2D eigenvalue weighted by molar-refractivity contribution is -0.120. The summed E-state index contributed by atoms with van der Waals surface area (Å²) in [5.74, 6) is -0.0546. The number of carbonyl (C=O) groups is 1. The van der Waals surface area contributed by atoms with E-state index < -0.39 is 0 Å². The van der Waals surface area contributed by atoms with Crippen LogP contribution in [0.5, 0.6) is 0 Å². The zero-order chi connectivity index (χ0) is 11.6. The van der Waals surface area contributed by atoms with Crippen LogP contribution in [0, 0.1) is 13.8 Å². The van der Waals surface area contributed by atoms with Gasteiger partial charge in [0.25, 0.3) is 0 Å². The molecular weight excluding hydrogens is 210 g/mol. The molecule has 1 aromatic heterocycles. The van der Waals surface area contributed by atoms with Crippen LogP contribution < -0.4 is 5.32 Å². The third kappa shape index (κ3) is 2.75. The number of aromatic nitrogens is 2. The number of hydrogen-bond donors (Lipinski definition) is 2. The summed E-state index contributed by atoms with van der Waals surface area (Å²) in [4.78, 5) is 11.3. The van der Waals surface area contributed by atoms with Crippen LogP contribution in [0.15, 0.2) is 0 Å². The molecule has 1 N–H and O–H groups in total. The van der Waals surface area contributed by atoms with E-state index in [1.165, 1.54) is 0 Å². The first kappa shape index (κ1) is 12.1. The molecule has 1 amide bonds. The van der Waals surface area contributed by atoms with Gasteiger partial charge >= 0.3 is 0 Å². The van der Waals surface area contributed by atoms with Crippen LogP contribution in [-0.2, 0) is 18.4 Å². The van der Waals surface area contributed by atoms with Crippen molar-refractivity contribution in [3.05, 3.63) is 17.0 Å². The molecule has 0 fully saturated rings. The van der Waals surface area contributed by atoms with Crippen molar-refractivity contribution >= 4 is 18.5 Å². The Morgan fingerprint density at radius 2 is 2.20 bits per heavy atom. The average Bonchev–Trinajstić information content (AvgIpc) is 2.38. The largest absolute Gasteiger partial charge is 0.351 e. The molecule has 1 atom stereocenters. The Morgan fingerprint density at radius 3 is 2.60 bits per heavy atom. The van der Waals surface area contributed by atoms with Gasteiger partial charge in [-0.05, 0) is 20.8 Å². The summed E-state index contributed by atoms with van der Waals surface area (Å²) in [6, 6.07) is 0. The van der Waals surface area contributed by atoms with Gasteiger partial charge in [-0.1, -0.05) is 0 Å². The quantitative estimate of drug-likeness (QED) is 0.756. The molecule has 0 saturated carbocycles. The lowest BCUT2D eigenvalue weighted by Crippen LogP contribution is -2.29. The van der Waals surface area contributed by atoms with Crippen molar-refractivity contribution in [2.24, 2.45) is 7.05 Å². The van der Waals surface area contributed by atoms with E-state index in [9.17, 15) is 4.79 Å². The van der Waals surface area contributed by atoms with Crippen LogP contribution in [0.2, 0.25) is 0 Å². The fraction of sp³-hybridized carbons (Fsp3) is 0.600. The molecule has 0 aliphatic carbocycles. The maximum atomic E-state index is 11.3. The van der Waals surface area contributed by atoms with Gasteiger partial charge in [0.05, 0.1) is 10.9 Å². The third-order valence-corrected chi connectivity index (χ3v) is 2.71. The Kier molecular flexibility index (Phi) is 3.79. The first-order valence-electron chi connectivity index (χ1n) is 4.88. The van der Waals surface area contributed by atoms with Crippen LogP contribution in [0.25, 0.3) is 0 Å². The number of thiol groups is 1. The van der Waals surface area contributed by atoms with E-state index in [-0.39, 0.29) is 11.2 Å². The van der Waals surface area contributed by atoms with Gasteiger partial charge in [-0.25, -0.2) is 0 Å². The van der Waals surface area contributed by atoms with Crippen LogP contribution in [0.1, 0.15) is 23.9 Å². The molecular formula is C10H17N3OS. The third-order valence-electron chi connectivity index (χ3n) is 2.48. The minimum Gasteiger partial charge on any atom is -0.351 e.